The molecule has 6 nitrogen and oxygen atoms in total. The van der Waals surface area contributed by atoms with Gasteiger partial charge in [0, 0.05) is 6.42 Å². The van der Waals surface area contributed by atoms with Crippen molar-refractivity contribution in [2.75, 3.05) is 7.11 Å². The Balaban J connectivity index is 4.17. The third-order valence-corrected chi connectivity index (χ3v) is 4.35. The smallest absolute Gasteiger partial charge is 0.306 e. The largest absolute Gasteiger partial charge is 0.481 e. The quantitative estimate of drug-likeness (QED) is 0.129. The van der Waals surface area contributed by atoms with Crippen LogP contribution in [0.4, 0.5) is 0 Å². The van der Waals surface area contributed by atoms with Gasteiger partial charge >= 0.3 is 17.9 Å². The number of carboxylic acid groups (broad SMARTS) is 1. The zero-order chi connectivity index (χ0) is 23.2. The van der Waals surface area contributed by atoms with Gasteiger partial charge in [-0.15, -0.1) is 0 Å². The number of carbonyl (C=O) groups is 3. The molecule has 0 aliphatic heterocycles. The van der Waals surface area contributed by atoms with Crippen LogP contribution >= 0.6 is 0 Å². The lowest BCUT2D eigenvalue weighted by molar-refractivity contribution is -0.150. The van der Waals surface area contributed by atoms with Crippen LogP contribution in [0.1, 0.15) is 77.6 Å². The predicted molar refractivity (Wildman–Crippen MR) is 123 cm³/mol. The van der Waals surface area contributed by atoms with Crippen LogP contribution in [-0.4, -0.2) is 36.2 Å². The van der Waals surface area contributed by atoms with Crippen molar-refractivity contribution in [1.29, 1.82) is 0 Å². The number of esters is 2. The fourth-order valence-corrected chi connectivity index (χ4v) is 2.60. The first-order chi connectivity index (χ1) is 15.0. The highest BCUT2D eigenvalue weighted by Gasteiger charge is 2.12. The Morgan fingerprint density at radius 3 is 2.23 bits per heavy atom. The minimum Gasteiger partial charge on any atom is -0.481 e. The summed E-state index contributed by atoms with van der Waals surface area (Å²) in [6.07, 6.45) is 23.0. The summed E-state index contributed by atoms with van der Waals surface area (Å²) in [6, 6.07) is 0. The predicted octanol–water partition coefficient (Wildman–Crippen LogP) is 5.69. The van der Waals surface area contributed by atoms with Crippen molar-refractivity contribution in [3.05, 3.63) is 48.6 Å². The van der Waals surface area contributed by atoms with Crippen molar-refractivity contribution in [3.8, 4) is 0 Å². The van der Waals surface area contributed by atoms with E-state index in [1.54, 1.807) is 0 Å². The molecule has 0 amide bonds. The standard InChI is InChI=1S/C25H38O6/c1-3-4-14-17-22(31-25(29)21-20-23(26)27)18-15-12-10-8-6-5-7-9-11-13-16-19-24(28)30-2/h5-6,9-12,15,18,22H,3-4,7-8,13-14,16-17,19-21H2,1-2H3,(H,26,27)/b6-5-,11-9-,12-10-,18-15+/t22-/m0/s1. The molecule has 0 aromatic rings. The first kappa shape index (κ1) is 28.4. The summed E-state index contributed by atoms with van der Waals surface area (Å²) in [4.78, 5) is 33.3. The Hall–Kier alpha value is -2.63. The minimum atomic E-state index is -1.000. The molecule has 31 heavy (non-hydrogen) atoms. The maximum atomic E-state index is 11.8. The molecule has 0 radical (unpaired) electrons. The Kier molecular flexibility index (Phi) is 18.9. The van der Waals surface area contributed by atoms with Crippen LogP contribution in [0.15, 0.2) is 48.6 Å². The van der Waals surface area contributed by atoms with E-state index < -0.39 is 11.9 Å². The number of aliphatic carboxylic acids is 1. The number of hydrogen-bond acceptors (Lipinski definition) is 5. The zero-order valence-electron chi connectivity index (χ0n) is 19.0. The van der Waals surface area contributed by atoms with E-state index in [0.29, 0.717) is 6.42 Å². The average Bonchev–Trinajstić information content (AvgIpc) is 2.75. The van der Waals surface area contributed by atoms with Gasteiger partial charge in [0.15, 0.2) is 0 Å². The summed E-state index contributed by atoms with van der Waals surface area (Å²) < 4.78 is 9.99. The molecule has 0 aromatic heterocycles. The number of ether oxygens (including phenoxy) is 2. The Bertz CT molecular complexity index is 616. The lowest BCUT2D eigenvalue weighted by Crippen LogP contribution is -2.17. The number of unbranched alkanes of at least 4 members (excludes halogenated alkanes) is 3. The summed E-state index contributed by atoms with van der Waals surface area (Å²) in [5.74, 6) is -1.64. The van der Waals surface area contributed by atoms with Crippen molar-refractivity contribution < 1.29 is 29.0 Å². The molecule has 0 fully saturated rings. The van der Waals surface area contributed by atoms with Crippen molar-refractivity contribution in [3.63, 3.8) is 0 Å². The molecule has 0 aliphatic carbocycles. The van der Waals surface area contributed by atoms with Gasteiger partial charge < -0.3 is 14.6 Å². The fraction of sp³-hybridized carbons (Fsp3) is 0.560. The Morgan fingerprint density at radius 2 is 1.55 bits per heavy atom. The molecule has 0 aromatic carbocycles. The van der Waals surface area contributed by atoms with E-state index in [9.17, 15) is 14.4 Å². The van der Waals surface area contributed by atoms with Crippen LogP contribution in [0.2, 0.25) is 0 Å². The van der Waals surface area contributed by atoms with E-state index in [1.165, 1.54) is 7.11 Å². The fourth-order valence-electron chi connectivity index (χ4n) is 2.60. The number of hydrogen-bond donors (Lipinski definition) is 1. The minimum absolute atomic E-state index is 0.103. The van der Waals surface area contributed by atoms with Crippen molar-refractivity contribution >= 4 is 17.9 Å². The van der Waals surface area contributed by atoms with E-state index >= 15 is 0 Å². The van der Waals surface area contributed by atoms with Crippen LogP contribution in [0.25, 0.3) is 0 Å². The highest BCUT2D eigenvalue weighted by atomic mass is 16.5. The first-order valence-corrected chi connectivity index (χ1v) is 11.1. The van der Waals surface area contributed by atoms with Gasteiger partial charge in [-0.25, -0.2) is 0 Å². The lowest BCUT2D eigenvalue weighted by Gasteiger charge is -2.13. The van der Waals surface area contributed by atoms with Crippen molar-refractivity contribution in [1.82, 2.24) is 0 Å². The molecule has 0 saturated heterocycles. The zero-order valence-corrected chi connectivity index (χ0v) is 19.0. The van der Waals surface area contributed by atoms with Gasteiger partial charge in [0.25, 0.3) is 0 Å². The molecule has 1 atom stereocenters. The third kappa shape index (κ3) is 20.4. The van der Waals surface area contributed by atoms with Gasteiger partial charge in [-0.1, -0.05) is 62.3 Å². The SMILES string of the molecule is CCCCC[C@@H](/C=C/C=C\C/C=C\C/C=C\CCCC(=O)OC)OC(=O)CCC(=O)O. The van der Waals surface area contributed by atoms with Gasteiger partial charge in [-0.05, 0) is 44.6 Å². The maximum Gasteiger partial charge on any atom is 0.306 e. The first-order valence-electron chi connectivity index (χ1n) is 11.1. The molecule has 1 N–H and O–H groups in total. The average molecular weight is 435 g/mol. The van der Waals surface area contributed by atoms with Gasteiger partial charge in [0.2, 0.25) is 0 Å². The molecular weight excluding hydrogens is 396 g/mol. The summed E-state index contributed by atoms with van der Waals surface area (Å²) in [6.45, 7) is 2.11. The second kappa shape index (κ2) is 20.6. The van der Waals surface area contributed by atoms with E-state index in [1.807, 2.05) is 24.3 Å². The second-order valence-corrected chi connectivity index (χ2v) is 7.11. The maximum absolute atomic E-state index is 11.8. The molecule has 0 bridgehead atoms. The van der Waals surface area contributed by atoms with Gasteiger partial charge in [-0.3, -0.25) is 14.4 Å². The van der Waals surface area contributed by atoms with Gasteiger partial charge in [0.1, 0.15) is 6.10 Å². The van der Waals surface area contributed by atoms with Gasteiger partial charge in [-0.2, -0.15) is 0 Å². The van der Waals surface area contributed by atoms with E-state index in [2.05, 4.69) is 36.0 Å². The number of methoxy groups -OCH3 is 1. The van der Waals surface area contributed by atoms with Crippen LogP contribution in [-0.2, 0) is 23.9 Å². The highest BCUT2D eigenvalue weighted by Crippen LogP contribution is 2.10. The molecule has 0 rings (SSSR count). The van der Waals surface area contributed by atoms with Gasteiger partial charge in [0.05, 0.1) is 20.0 Å². The number of rotatable bonds is 18. The molecule has 174 valence electrons. The summed E-state index contributed by atoms with van der Waals surface area (Å²) in [5, 5.41) is 8.67. The topological polar surface area (TPSA) is 89.9 Å². The molecule has 0 aliphatic rings. The molecule has 0 heterocycles. The Labute approximate surface area is 186 Å². The molecule has 6 heteroatoms. The van der Waals surface area contributed by atoms with E-state index in [4.69, 9.17) is 9.84 Å². The third-order valence-electron chi connectivity index (χ3n) is 4.35. The summed E-state index contributed by atoms with van der Waals surface area (Å²) in [5.41, 5.74) is 0. The normalized spacial score (nSPS) is 12.8. The Morgan fingerprint density at radius 1 is 0.839 bits per heavy atom. The highest BCUT2D eigenvalue weighted by molar-refractivity contribution is 5.76. The van der Waals surface area contributed by atoms with Crippen molar-refractivity contribution in [2.45, 2.75) is 83.7 Å². The molecular formula is C25H38O6. The number of carboxylic acids is 1. The van der Waals surface area contributed by atoms with Crippen LogP contribution in [0, 0.1) is 0 Å². The molecule has 0 spiro atoms. The molecule has 0 unspecified atom stereocenters. The summed E-state index contributed by atoms with van der Waals surface area (Å²) >= 11 is 0. The van der Waals surface area contributed by atoms with E-state index in [0.717, 1.165) is 51.4 Å². The number of carbonyl (C=O) groups excluding carboxylic acids is 2. The lowest BCUT2D eigenvalue weighted by atomic mass is 10.1. The van der Waals surface area contributed by atoms with Crippen molar-refractivity contribution in [2.24, 2.45) is 0 Å². The van der Waals surface area contributed by atoms with E-state index in [-0.39, 0.29) is 24.9 Å². The van der Waals surface area contributed by atoms with Crippen LogP contribution < -0.4 is 0 Å². The monoisotopic (exact) mass is 434 g/mol. The van der Waals surface area contributed by atoms with Crippen LogP contribution in [0.5, 0.6) is 0 Å². The van der Waals surface area contributed by atoms with Crippen LogP contribution in [0.3, 0.4) is 0 Å². The molecule has 0 saturated carbocycles. The second-order valence-electron chi connectivity index (χ2n) is 7.11. The summed E-state index contributed by atoms with van der Waals surface area (Å²) in [7, 11) is 1.40. The number of allylic oxidation sites excluding steroid dienone is 7.